The first-order chi connectivity index (χ1) is 10.7. The van der Waals surface area contributed by atoms with E-state index in [2.05, 4.69) is 15.9 Å². The van der Waals surface area contributed by atoms with Crippen molar-refractivity contribution < 1.29 is 4.79 Å². The van der Waals surface area contributed by atoms with Gasteiger partial charge in [-0.2, -0.15) is 0 Å². The Morgan fingerprint density at radius 2 is 1.92 bits per heavy atom. The van der Waals surface area contributed by atoms with Crippen molar-refractivity contribution in [2.24, 2.45) is 17.6 Å². The summed E-state index contributed by atoms with van der Waals surface area (Å²) in [4.78, 5) is 18.4. The van der Waals surface area contributed by atoms with E-state index in [1.54, 1.807) is 11.3 Å². The fraction of sp³-hybridized carbons (Fsp3) is 0.688. The predicted octanol–water partition coefficient (Wildman–Crippen LogP) is 3.26. The third kappa shape index (κ3) is 5.23. The molecule has 1 aliphatic heterocycles. The van der Waals surface area contributed by atoms with Crippen molar-refractivity contribution in [3.05, 3.63) is 21.3 Å². The number of hydrogen-bond acceptors (Lipinski definition) is 4. The van der Waals surface area contributed by atoms with E-state index in [0.29, 0.717) is 18.4 Å². The van der Waals surface area contributed by atoms with Crippen molar-refractivity contribution >= 4 is 53.7 Å². The summed E-state index contributed by atoms with van der Waals surface area (Å²) < 4.78 is 0.845. The van der Waals surface area contributed by atoms with Gasteiger partial charge in [0.25, 0.3) is 0 Å². The van der Waals surface area contributed by atoms with Crippen LogP contribution in [0.25, 0.3) is 0 Å². The summed E-state index contributed by atoms with van der Waals surface area (Å²) in [5.41, 5.74) is 5.81. The van der Waals surface area contributed by atoms with Gasteiger partial charge in [0.05, 0.1) is 4.34 Å². The van der Waals surface area contributed by atoms with Crippen LogP contribution in [0, 0.1) is 11.8 Å². The lowest BCUT2D eigenvalue weighted by Gasteiger charge is -2.36. The average Bonchev–Trinajstić information content (AvgIpc) is 3.16. The largest absolute Gasteiger partial charge is 0.340 e. The Kier molecular flexibility index (Phi) is 9.34. The van der Waals surface area contributed by atoms with E-state index >= 15 is 0 Å². The monoisotopic (exact) mass is 413 g/mol. The van der Waals surface area contributed by atoms with Crippen molar-refractivity contribution in [2.75, 3.05) is 32.7 Å². The Hall–Kier alpha value is -0.0400. The van der Waals surface area contributed by atoms with Gasteiger partial charge < -0.3 is 10.6 Å². The molecule has 2 heterocycles. The summed E-state index contributed by atoms with van der Waals surface area (Å²) in [6.45, 7) is 5.16. The van der Waals surface area contributed by atoms with Crippen molar-refractivity contribution in [2.45, 2.75) is 25.8 Å². The van der Waals surface area contributed by atoms with Crippen molar-refractivity contribution in [1.29, 1.82) is 0 Å². The van der Waals surface area contributed by atoms with Crippen LogP contribution in [0.4, 0.5) is 0 Å². The van der Waals surface area contributed by atoms with E-state index in [-0.39, 0.29) is 30.7 Å². The summed E-state index contributed by atoms with van der Waals surface area (Å²) in [5.74, 6) is 0.915. The minimum atomic E-state index is 0. The lowest BCUT2D eigenvalue weighted by molar-refractivity contribution is -0.138. The van der Waals surface area contributed by atoms with Gasteiger partial charge in [0.1, 0.15) is 0 Å². The molecule has 24 heavy (non-hydrogen) atoms. The number of amides is 1. The molecule has 1 saturated carbocycles. The second kappa shape index (κ2) is 10.2. The Morgan fingerprint density at radius 3 is 2.50 bits per heavy atom. The van der Waals surface area contributed by atoms with Gasteiger partial charge in [0, 0.05) is 43.5 Å². The Labute approximate surface area is 165 Å². The Balaban J connectivity index is 0.00000144. The molecule has 0 bridgehead atoms. The maximum absolute atomic E-state index is 12.7. The zero-order valence-electron chi connectivity index (χ0n) is 13.7. The average molecular weight is 415 g/mol. The minimum Gasteiger partial charge on any atom is -0.340 e. The molecule has 2 fully saturated rings. The number of thiophene rings is 1. The van der Waals surface area contributed by atoms with Crippen LogP contribution in [-0.2, 0) is 11.3 Å². The van der Waals surface area contributed by atoms with E-state index < -0.39 is 0 Å². The van der Waals surface area contributed by atoms with Gasteiger partial charge >= 0.3 is 0 Å². The molecule has 0 unspecified atom stereocenters. The minimum absolute atomic E-state index is 0. The van der Waals surface area contributed by atoms with E-state index in [0.717, 1.165) is 56.3 Å². The molecule has 1 aromatic rings. The quantitative estimate of drug-likeness (QED) is 0.822. The van der Waals surface area contributed by atoms with Crippen LogP contribution >= 0.6 is 47.8 Å². The Bertz CT molecular complexity index is 520. The molecule has 2 atom stereocenters. The first-order valence-electron chi connectivity index (χ1n) is 8.13. The maximum atomic E-state index is 12.7. The highest BCUT2D eigenvalue weighted by Crippen LogP contribution is 2.32. The van der Waals surface area contributed by atoms with Crippen molar-refractivity contribution in [1.82, 2.24) is 9.80 Å². The fourth-order valence-corrected chi connectivity index (χ4v) is 4.79. The van der Waals surface area contributed by atoms with Gasteiger partial charge in [-0.3, -0.25) is 9.69 Å². The third-order valence-corrected chi connectivity index (χ3v) is 6.19. The number of carbonyl (C=O) groups excluding carboxylic acids is 1. The second-order valence-electron chi connectivity index (χ2n) is 6.34. The van der Waals surface area contributed by atoms with E-state index in [1.165, 1.54) is 4.88 Å². The summed E-state index contributed by atoms with van der Waals surface area (Å²) in [6, 6.07) is 4.04. The van der Waals surface area contributed by atoms with Crippen molar-refractivity contribution in [3.63, 3.8) is 0 Å². The molecule has 1 aromatic heterocycles. The zero-order valence-corrected chi connectivity index (χ0v) is 16.9. The normalized spacial score (nSPS) is 24.3. The standard InChI is InChI=1S/C16H24ClN3OS.2ClH/c17-15-5-4-13(22-15)11-19-6-8-20(9-7-19)16(21)14-3-1-2-12(14)10-18;;/h4-5,12,14H,1-3,6-11,18H2;2*1H/t12-,14-;;/m1../s1. The number of piperazine rings is 1. The summed E-state index contributed by atoms with van der Waals surface area (Å²) >= 11 is 7.62. The van der Waals surface area contributed by atoms with Gasteiger partial charge in [-0.1, -0.05) is 18.0 Å². The summed E-state index contributed by atoms with van der Waals surface area (Å²) in [6.07, 6.45) is 3.29. The number of nitrogens with two attached hydrogens (primary N) is 1. The fourth-order valence-electron chi connectivity index (χ4n) is 3.66. The van der Waals surface area contributed by atoms with Gasteiger partial charge in [0.2, 0.25) is 5.91 Å². The van der Waals surface area contributed by atoms with Crippen LogP contribution in [0.3, 0.4) is 0 Å². The number of rotatable bonds is 4. The molecule has 0 spiro atoms. The molecule has 1 amide bonds. The maximum Gasteiger partial charge on any atom is 0.226 e. The van der Waals surface area contributed by atoms with E-state index in [4.69, 9.17) is 17.3 Å². The van der Waals surface area contributed by atoms with Crippen LogP contribution in [0.1, 0.15) is 24.1 Å². The number of carbonyl (C=O) groups is 1. The second-order valence-corrected chi connectivity index (χ2v) is 8.14. The van der Waals surface area contributed by atoms with E-state index in [9.17, 15) is 4.79 Å². The van der Waals surface area contributed by atoms with E-state index in [1.807, 2.05) is 6.07 Å². The van der Waals surface area contributed by atoms with Crippen LogP contribution in [0.15, 0.2) is 12.1 Å². The summed E-state index contributed by atoms with van der Waals surface area (Å²) in [5, 5.41) is 0. The molecule has 2 N–H and O–H groups in total. The molecule has 3 rings (SSSR count). The zero-order chi connectivity index (χ0) is 15.5. The molecule has 1 saturated heterocycles. The highest BCUT2D eigenvalue weighted by Gasteiger charge is 2.35. The smallest absolute Gasteiger partial charge is 0.226 e. The van der Waals surface area contributed by atoms with Gasteiger partial charge in [0.15, 0.2) is 0 Å². The number of halogens is 3. The van der Waals surface area contributed by atoms with Crippen LogP contribution in [-0.4, -0.2) is 48.4 Å². The highest BCUT2D eigenvalue weighted by molar-refractivity contribution is 7.16. The van der Waals surface area contributed by atoms with Crippen LogP contribution < -0.4 is 5.73 Å². The van der Waals surface area contributed by atoms with Crippen molar-refractivity contribution in [3.8, 4) is 0 Å². The molecule has 4 nitrogen and oxygen atoms in total. The molecule has 1 aliphatic carbocycles. The topological polar surface area (TPSA) is 49.6 Å². The SMILES string of the molecule is Cl.Cl.NC[C@H]1CCC[C@H]1C(=O)N1CCN(Cc2ccc(Cl)s2)CC1. The molecule has 138 valence electrons. The van der Waals surface area contributed by atoms with Gasteiger partial charge in [-0.25, -0.2) is 0 Å². The molecular formula is C16H26Cl3N3OS. The lowest BCUT2D eigenvalue weighted by atomic mass is 9.94. The first kappa shape index (κ1) is 22.0. The molecule has 0 radical (unpaired) electrons. The molecule has 0 aromatic carbocycles. The summed E-state index contributed by atoms with van der Waals surface area (Å²) in [7, 11) is 0. The molecule has 2 aliphatic rings. The Morgan fingerprint density at radius 1 is 1.21 bits per heavy atom. The number of hydrogen-bond donors (Lipinski definition) is 1. The highest BCUT2D eigenvalue weighted by atomic mass is 35.5. The van der Waals surface area contributed by atoms with Gasteiger partial charge in [-0.05, 0) is 37.4 Å². The van der Waals surface area contributed by atoms with Gasteiger partial charge in [-0.15, -0.1) is 36.2 Å². The number of nitrogens with zero attached hydrogens (tertiary/aromatic N) is 2. The lowest BCUT2D eigenvalue weighted by Crippen LogP contribution is -2.50. The molecular weight excluding hydrogens is 389 g/mol. The predicted molar refractivity (Wildman–Crippen MR) is 106 cm³/mol. The van der Waals surface area contributed by atoms with Crippen LogP contribution in [0.2, 0.25) is 4.34 Å². The third-order valence-electron chi connectivity index (χ3n) is 4.97. The van der Waals surface area contributed by atoms with Crippen LogP contribution in [0.5, 0.6) is 0 Å². The first-order valence-corrected chi connectivity index (χ1v) is 9.32. The molecule has 8 heteroatoms.